The lowest BCUT2D eigenvalue weighted by atomic mass is 10.1. The summed E-state index contributed by atoms with van der Waals surface area (Å²) in [4.78, 5) is 20.5. The van der Waals surface area contributed by atoms with Crippen molar-refractivity contribution < 1.29 is 32.7 Å². The summed E-state index contributed by atoms with van der Waals surface area (Å²) in [5.74, 6) is -2.05. The largest absolute Gasteiger partial charge is 0.481 e. The number of carboxylic acid groups (broad SMARTS) is 1. The second-order valence-corrected chi connectivity index (χ2v) is 4.41. The topological polar surface area (TPSA) is 89.7 Å². The van der Waals surface area contributed by atoms with Gasteiger partial charge in [-0.05, 0) is 25.5 Å². The third kappa shape index (κ3) is 4.33. The molecule has 0 aliphatic carbocycles. The third-order valence-electron chi connectivity index (χ3n) is 2.68. The van der Waals surface area contributed by atoms with Crippen LogP contribution in [0.2, 0.25) is 0 Å². The maximum atomic E-state index is 12.7. The van der Waals surface area contributed by atoms with E-state index in [1.54, 1.807) is 0 Å². The molecule has 0 saturated carbocycles. The SMILES string of the molecule is Cc1cc(C)c([N+](=O)[O-])cc1OC(CC(=O)O)C(F)(F)F. The van der Waals surface area contributed by atoms with E-state index in [9.17, 15) is 28.1 Å². The first-order valence-corrected chi connectivity index (χ1v) is 5.73. The van der Waals surface area contributed by atoms with Crippen molar-refractivity contribution in [3.05, 3.63) is 33.4 Å². The monoisotopic (exact) mass is 307 g/mol. The van der Waals surface area contributed by atoms with Gasteiger partial charge in [-0.15, -0.1) is 0 Å². The number of halogens is 3. The molecule has 0 spiro atoms. The Labute approximate surface area is 117 Å². The zero-order valence-electron chi connectivity index (χ0n) is 11.1. The summed E-state index contributed by atoms with van der Waals surface area (Å²) in [6.07, 6.45) is -8.76. The van der Waals surface area contributed by atoms with Crippen molar-refractivity contribution >= 4 is 11.7 Å². The number of aliphatic carboxylic acids is 1. The minimum atomic E-state index is -4.90. The van der Waals surface area contributed by atoms with Gasteiger partial charge in [0.05, 0.1) is 17.4 Å². The fourth-order valence-electron chi connectivity index (χ4n) is 1.68. The first-order chi connectivity index (χ1) is 9.52. The van der Waals surface area contributed by atoms with Gasteiger partial charge in [-0.25, -0.2) is 0 Å². The van der Waals surface area contributed by atoms with Crippen LogP contribution >= 0.6 is 0 Å². The Morgan fingerprint density at radius 1 is 1.38 bits per heavy atom. The minimum absolute atomic E-state index is 0.248. The van der Waals surface area contributed by atoms with E-state index in [4.69, 9.17) is 5.11 Å². The first-order valence-electron chi connectivity index (χ1n) is 5.73. The molecule has 0 saturated heterocycles. The normalized spacial score (nSPS) is 12.8. The van der Waals surface area contributed by atoms with Crippen LogP contribution in [0.25, 0.3) is 0 Å². The predicted molar refractivity (Wildman–Crippen MR) is 65.3 cm³/mol. The Bertz CT molecular complexity index is 571. The molecule has 1 aromatic rings. The summed E-state index contributed by atoms with van der Waals surface area (Å²) in [6.45, 7) is 2.85. The molecule has 0 heterocycles. The number of ether oxygens (including phenoxy) is 1. The summed E-state index contributed by atoms with van der Waals surface area (Å²) in [7, 11) is 0. The zero-order chi connectivity index (χ0) is 16.4. The molecule has 0 aliphatic heterocycles. The Kier molecular flexibility index (Phi) is 4.77. The summed E-state index contributed by atoms with van der Waals surface area (Å²) in [5.41, 5.74) is 0.122. The number of aryl methyl sites for hydroxylation is 2. The molecule has 0 bridgehead atoms. The van der Waals surface area contributed by atoms with Crippen LogP contribution in [-0.4, -0.2) is 28.3 Å². The standard InChI is InChI=1S/C12H12F3NO5/c1-6-3-7(2)9(4-8(6)16(19)20)21-10(5-11(17)18)12(13,14)15/h3-4,10H,5H2,1-2H3,(H,17,18). The molecular formula is C12H12F3NO5. The molecule has 1 atom stereocenters. The summed E-state index contributed by atoms with van der Waals surface area (Å²) >= 11 is 0. The quantitative estimate of drug-likeness (QED) is 0.667. The minimum Gasteiger partial charge on any atom is -0.481 e. The van der Waals surface area contributed by atoms with E-state index in [1.807, 2.05) is 0 Å². The number of rotatable bonds is 5. The number of carbonyl (C=O) groups is 1. The van der Waals surface area contributed by atoms with Gasteiger partial charge in [-0.2, -0.15) is 13.2 Å². The van der Waals surface area contributed by atoms with Gasteiger partial charge in [-0.1, -0.05) is 0 Å². The van der Waals surface area contributed by atoms with Crippen LogP contribution in [-0.2, 0) is 4.79 Å². The van der Waals surface area contributed by atoms with E-state index in [1.165, 1.54) is 19.9 Å². The van der Waals surface area contributed by atoms with Crippen molar-refractivity contribution in [3.63, 3.8) is 0 Å². The second kappa shape index (κ2) is 5.98. The van der Waals surface area contributed by atoms with E-state index in [0.29, 0.717) is 0 Å². The highest BCUT2D eigenvalue weighted by Crippen LogP contribution is 2.33. The van der Waals surface area contributed by atoms with Crippen LogP contribution < -0.4 is 4.74 Å². The maximum absolute atomic E-state index is 12.7. The highest BCUT2D eigenvalue weighted by Gasteiger charge is 2.43. The zero-order valence-corrected chi connectivity index (χ0v) is 11.1. The van der Waals surface area contributed by atoms with Crippen LogP contribution in [0.4, 0.5) is 18.9 Å². The highest BCUT2D eigenvalue weighted by molar-refractivity contribution is 5.67. The summed E-state index contributed by atoms with van der Waals surface area (Å²) < 4.78 is 42.8. The van der Waals surface area contributed by atoms with E-state index in [2.05, 4.69) is 4.74 Å². The van der Waals surface area contributed by atoms with E-state index in [-0.39, 0.29) is 16.9 Å². The molecule has 116 valence electrons. The molecule has 0 aliphatic rings. The maximum Gasteiger partial charge on any atom is 0.426 e. The number of benzene rings is 1. The van der Waals surface area contributed by atoms with Gasteiger partial charge in [0.2, 0.25) is 6.10 Å². The molecule has 6 nitrogen and oxygen atoms in total. The molecule has 0 fully saturated rings. The van der Waals surface area contributed by atoms with Crippen LogP contribution in [0.3, 0.4) is 0 Å². The van der Waals surface area contributed by atoms with E-state index in [0.717, 1.165) is 6.07 Å². The molecule has 1 unspecified atom stereocenters. The molecule has 1 aromatic carbocycles. The van der Waals surface area contributed by atoms with Gasteiger partial charge in [0.1, 0.15) is 5.75 Å². The van der Waals surface area contributed by atoms with Crippen LogP contribution in [0.1, 0.15) is 17.5 Å². The lowest BCUT2D eigenvalue weighted by Gasteiger charge is -2.21. The average Bonchev–Trinajstić information content (AvgIpc) is 2.28. The lowest BCUT2D eigenvalue weighted by molar-refractivity contribution is -0.385. The average molecular weight is 307 g/mol. The number of nitrogens with zero attached hydrogens (tertiary/aromatic N) is 1. The number of carboxylic acids is 1. The fourth-order valence-corrected chi connectivity index (χ4v) is 1.68. The molecule has 21 heavy (non-hydrogen) atoms. The van der Waals surface area contributed by atoms with Crippen molar-refractivity contribution in [2.75, 3.05) is 0 Å². The predicted octanol–water partition coefficient (Wildman–Crippen LogP) is 3.00. The second-order valence-electron chi connectivity index (χ2n) is 4.41. The lowest BCUT2D eigenvalue weighted by Crippen LogP contribution is -2.36. The van der Waals surface area contributed by atoms with Gasteiger partial charge in [0.25, 0.3) is 5.69 Å². The van der Waals surface area contributed by atoms with Crippen LogP contribution in [0.15, 0.2) is 12.1 Å². The van der Waals surface area contributed by atoms with Gasteiger partial charge in [-0.3, -0.25) is 14.9 Å². The molecule has 1 rings (SSSR count). The van der Waals surface area contributed by atoms with E-state index >= 15 is 0 Å². The number of alkyl halides is 3. The molecule has 0 radical (unpaired) electrons. The Balaban J connectivity index is 3.17. The van der Waals surface area contributed by atoms with Gasteiger partial charge in [0, 0.05) is 5.56 Å². The molecule has 0 aromatic heterocycles. The Morgan fingerprint density at radius 3 is 2.38 bits per heavy atom. The highest BCUT2D eigenvalue weighted by atomic mass is 19.4. The Morgan fingerprint density at radius 2 is 1.95 bits per heavy atom. The summed E-state index contributed by atoms with van der Waals surface area (Å²) in [6, 6.07) is 2.17. The smallest absolute Gasteiger partial charge is 0.426 e. The third-order valence-corrected chi connectivity index (χ3v) is 2.68. The Hall–Kier alpha value is -2.32. The fraction of sp³-hybridized carbons (Fsp3) is 0.417. The molecular weight excluding hydrogens is 295 g/mol. The van der Waals surface area contributed by atoms with Gasteiger partial charge >= 0.3 is 12.1 Å². The van der Waals surface area contributed by atoms with Crippen molar-refractivity contribution in [1.29, 1.82) is 0 Å². The van der Waals surface area contributed by atoms with Gasteiger partial charge in [0.15, 0.2) is 0 Å². The van der Waals surface area contributed by atoms with E-state index < -0.39 is 35.3 Å². The van der Waals surface area contributed by atoms with Crippen LogP contribution in [0.5, 0.6) is 5.75 Å². The van der Waals surface area contributed by atoms with Gasteiger partial charge < -0.3 is 9.84 Å². The number of nitro benzene ring substituents is 1. The first kappa shape index (κ1) is 16.7. The van der Waals surface area contributed by atoms with Crippen LogP contribution in [0, 0.1) is 24.0 Å². The van der Waals surface area contributed by atoms with Crippen molar-refractivity contribution in [3.8, 4) is 5.75 Å². The van der Waals surface area contributed by atoms with Crippen molar-refractivity contribution in [2.45, 2.75) is 32.5 Å². The molecule has 0 amide bonds. The van der Waals surface area contributed by atoms with Crippen molar-refractivity contribution in [1.82, 2.24) is 0 Å². The molecule has 1 N–H and O–H groups in total. The molecule has 9 heteroatoms. The number of hydrogen-bond acceptors (Lipinski definition) is 4. The summed E-state index contributed by atoms with van der Waals surface area (Å²) in [5, 5.41) is 19.3. The van der Waals surface area contributed by atoms with Crippen molar-refractivity contribution in [2.24, 2.45) is 0 Å². The number of hydrogen-bond donors (Lipinski definition) is 1. The number of nitro groups is 1.